The molecule has 4 N–H and O–H groups in total. The van der Waals surface area contributed by atoms with Crippen molar-refractivity contribution in [1.82, 2.24) is 0 Å². The predicted molar refractivity (Wildman–Crippen MR) is 243 cm³/mol. The Kier molecular flexibility index (Phi) is 17.6. The summed E-state index contributed by atoms with van der Waals surface area (Å²) in [6, 6.07) is 35.9. The molecule has 0 unspecified atom stereocenters. The van der Waals surface area contributed by atoms with Gasteiger partial charge in [0.25, 0.3) is 0 Å². The van der Waals surface area contributed by atoms with E-state index in [0.29, 0.717) is 26.4 Å². The molecule has 14 heteroatoms. The lowest BCUT2D eigenvalue weighted by atomic mass is 9.80. The zero-order chi connectivity index (χ0) is 46.1. The number of carbonyl (C=O) groups is 3. The van der Waals surface area contributed by atoms with E-state index in [1.165, 1.54) is 55.4 Å². The van der Waals surface area contributed by atoms with E-state index in [4.69, 9.17) is 11.4 Å². The van der Waals surface area contributed by atoms with Crippen molar-refractivity contribution in [3.8, 4) is 22.3 Å². The maximum absolute atomic E-state index is 13.3. The molecule has 6 aromatic rings. The minimum absolute atomic E-state index is 0.0565. The second-order valence-electron chi connectivity index (χ2n) is 14.0. The number of hydrogen-bond acceptors (Lipinski definition) is 5. The molecule has 0 aliphatic carbocycles. The van der Waals surface area contributed by atoms with Crippen LogP contribution in [0.25, 0.3) is 22.3 Å². The summed E-state index contributed by atoms with van der Waals surface area (Å²) in [7, 11) is 1.96. The quantitative estimate of drug-likeness (QED) is 0.104. The smallest absolute Gasteiger partial charge is 0.423 e. The summed E-state index contributed by atoms with van der Waals surface area (Å²) >= 11 is 3.39. The Morgan fingerprint density at radius 1 is 0.581 bits per heavy atom. The summed E-state index contributed by atoms with van der Waals surface area (Å²) in [5.41, 5.74) is 10.1. The number of amides is 3. The number of rotatable bonds is 3. The first-order chi connectivity index (χ1) is 30.3. The Morgan fingerprint density at radius 2 is 1.03 bits per heavy atom. The molecule has 8 nitrogen and oxygen atoms in total. The normalized spacial score (nSPS) is 13.2. The molecule has 6 aromatic carbocycles. The molecule has 0 aromatic heterocycles. The van der Waals surface area contributed by atoms with Crippen LogP contribution in [0.4, 0.5) is 34.6 Å². The maximum Gasteiger partial charge on any atom is 0.488 e. The van der Waals surface area contributed by atoms with Gasteiger partial charge in [0.2, 0.25) is 17.7 Å². The van der Waals surface area contributed by atoms with E-state index in [2.05, 4.69) is 32.6 Å². The summed E-state index contributed by atoms with van der Waals surface area (Å²) in [5.74, 6) is -0.622. The van der Waals surface area contributed by atoms with Gasteiger partial charge < -0.3 is 25.6 Å². The van der Waals surface area contributed by atoms with Gasteiger partial charge in [-0.15, -0.1) is 0 Å². The molecule has 322 valence electrons. The Morgan fingerprint density at radius 3 is 1.55 bits per heavy atom. The Hall–Kier alpha value is -6.09. The largest absolute Gasteiger partial charge is 0.488 e. The van der Waals surface area contributed by atoms with Crippen molar-refractivity contribution in [2.45, 2.75) is 45.9 Å². The van der Waals surface area contributed by atoms with Gasteiger partial charge in [-0.25, -0.2) is 13.2 Å². The molecule has 3 heterocycles. The van der Waals surface area contributed by atoms with Crippen LogP contribution >= 0.6 is 15.9 Å². The van der Waals surface area contributed by atoms with Gasteiger partial charge in [-0.3, -0.25) is 18.8 Å². The number of nitrogens with zero attached hydrogens (tertiary/aromatic N) is 1. The number of aryl methyl sites for hydroxylation is 3. The first-order valence-corrected chi connectivity index (χ1v) is 20.0. The maximum atomic E-state index is 13.3. The molecule has 0 atom stereocenters. The Bertz CT molecular complexity index is 2510. The van der Waals surface area contributed by atoms with Crippen molar-refractivity contribution in [2.75, 3.05) is 29.8 Å². The van der Waals surface area contributed by atoms with E-state index < -0.39 is 12.9 Å². The highest BCUT2D eigenvalue weighted by Gasteiger charge is 2.21. The molecule has 9 rings (SSSR count). The van der Waals surface area contributed by atoms with Gasteiger partial charge in [-0.1, -0.05) is 71.9 Å². The zero-order valence-corrected chi connectivity index (χ0v) is 36.0. The van der Waals surface area contributed by atoms with E-state index in [-0.39, 0.29) is 34.8 Å². The number of hydrogen-bond donors (Lipinski definition) is 4. The van der Waals surface area contributed by atoms with E-state index in [0.717, 1.165) is 80.2 Å². The summed E-state index contributed by atoms with van der Waals surface area (Å²) in [5, 5.41) is 22.7. The van der Waals surface area contributed by atoms with Crippen LogP contribution < -0.4 is 21.0 Å². The number of benzene rings is 6. The standard InChI is InChI=1S/C16H14FNO.C15H12FNO.C9H8BrNO.C6H6BFO2.CH3F.CH4/c1-18-15-7-5-12(9-13(15)6-8-16(18)19)11-3-2-4-14(17)10-11;16-13-3-1-2-10(9-13)11-4-6-14-12(8-11)5-7-15(18)17-14;10-7-2-3-8-6(5-7)1-4-9(12)11-8;8-6-3-1-2-5(4-6)7(9)10;1-2;/h2-5,7,9-10H,6,8H2,1H3;1-4,6,8-9H,5,7H2,(H,17,18);2-3,5H,1,4H2,(H,11,12);1-4,9-10H;1H3;1H4/i;;;;;1D. The second kappa shape index (κ2) is 23.2. The third kappa shape index (κ3) is 13.5. The fraction of sp³-hybridized carbons (Fsp3) is 0.188. The number of anilines is 3. The van der Waals surface area contributed by atoms with E-state index >= 15 is 0 Å². The minimum Gasteiger partial charge on any atom is -0.423 e. The van der Waals surface area contributed by atoms with Gasteiger partial charge >= 0.3 is 7.12 Å². The number of halogens is 5. The summed E-state index contributed by atoms with van der Waals surface area (Å²) < 4.78 is 55.1. The number of fused-ring (bicyclic) bond motifs is 3. The third-order valence-electron chi connectivity index (χ3n) is 9.85. The van der Waals surface area contributed by atoms with Crippen LogP contribution in [0.3, 0.4) is 0 Å². The van der Waals surface area contributed by atoms with Gasteiger partial charge in [0.15, 0.2) is 0 Å². The SMILES string of the molecule is CF.CN1C(=O)CCc2cc(-c3cccc(F)c3)ccc21.O=C1CCc2cc(-c3cccc(F)c3)ccc2N1.O=C1CCc2cc(Br)ccc2N1.OB(O)c1cccc(F)c1.[2H]C. The lowest BCUT2D eigenvalue weighted by molar-refractivity contribution is -0.119. The highest BCUT2D eigenvalue weighted by molar-refractivity contribution is 9.10. The molecule has 0 radical (unpaired) electrons. The summed E-state index contributed by atoms with van der Waals surface area (Å²) in [6.07, 6.45) is 3.99. The van der Waals surface area contributed by atoms with Crippen molar-refractivity contribution < 1.29 is 43.4 Å². The second-order valence-corrected chi connectivity index (χ2v) is 14.9. The number of alkyl halides is 1. The Labute approximate surface area is 369 Å². The first kappa shape index (κ1) is 47.0. The van der Waals surface area contributed by atoms with Crippen molar-refractivity contribution in [1.29, 1.82) is 0 Å². The van der Waals surface area contributed by atoms with Gasteiger partial charge in [0.05, 0.1) is 7.18 Å². The lowest BCUT2D eigenvalue weighted by Gasteiger charge is -2.26. The van der Waals surface area contributed by atoms with Crippen molar-refractivity contribution in [3.05, 3.63) is 166 Å². The molecular weight excluding hydrogens is 865 g/mol. The zero-order valence-electron chi connectivity index (χ0n) is 35.4. The molecule has 62 heavy (non-hydrogen) atoms. The van der Waals surface area contributed by atoms with Crippen LogP contribution in [0, 0.1) is 17.5 Å². The topological polar surface area (TPSA) is 119 Å². The van der Waals surface area contributed by atoms with Crippen LogP contribution in [0.5, 0.6) is 0 Å². The van der Waals surface area contributed by atoms with E-state index in [1.807, 2.05) is 60.7 Å². The van der Waals surface area contributed by atoms with Crippen LogP contribution in [-0.2, 0) is 33.6 Å². The van der Waals surface area contributed by atoms with Gasteiger partial charge in [-0.05, 0) is 143 Å². The van der Waals surface area contributed by atoms with Crippen LogP contribution in [0.15, 0.2) is 132 Å². The first-order valence-electron chi connectivity index (χ1n) is 20.2. The van der Waals surface area contributed by atoms with Crippen molar-refractivity contribution >= 4 is 63.3 Å². The molecule has 0 fully saturated rings. The van der Waals surface area contributed by atoms with Crippen LogP contribution in [0.1, 0.15) is 44.7 Å². The molecule has 3 amide bonds. The molecular formula is C48H47BBrF4N3O5. The molecule has 3 aliphatic heterocycles. The van der Waals surface area contributed by atoms with Crippen molar-refractivity contribution in [3.63, 3.8) is 0 Å². The highest BCUT2D eigenvalue weighted by Crippen LogP contribution is 2.32. The van der Waals surface area contributed by atoms with Gasteiger partial charge in [-0.2, -0.15) is 0 Å². The van der Waals surface area contributed by atoms with E-state index in [1.54, 1.807) is 24.1 Å². The summed E-state index contributed by atoms with van der Waals surface area (Å²) in [6.45, 7) is 0. The number of nitrogens with one attached hydrogen (secondary N) is 2. The number of carbonyl (C=O) groups excluding carboxylic acids is 3. The highest BCUT2D eigenvalue weighted by atomic mass is 79.9. The summed E-state index contributed by atoms with van der Waals surface area (Å²) in [4.78, 5) is 35.6. The molecule has 0 spiro atoms. The monoisotopic (exact) mass is 912 g/mol. The lowest BCUT2D eigenvalue weighted by Crippen LogP contribution is -2.30. The Balaban J connectivity index is 0.000000185. The predicted octanol–water partition coefficient (Wildman–Crippen LogP) is 9.84. The molecule has 0 saturated heterocycles. The fourth-order valence-corrected chi connectivity index (χ4v) is 7.16. The molecule has 0 bridgehead atoms. The average molecular weight is 914 g/mol. The fourth-order valence-electron chi connectivity index (χ4n) is 6.75. The minimum atomic E-state index is -1.59. The van der Waals surface area contributed by atoms with Crippen LogP contribution in [-0.4, -0.2) is 49.1 Å². The van der Waals surface area contributed by atoms with E-state index in [9.17, 15) is 31.9 Å². The molecule has 0 saturated carbocycles. The van der Waals surface area contributed by atoms with Gasteiger partial charge in [0.1, 0.15) is 17.5 Å². The molecule has 3 aliphatic rings. The van der Waals surface area contributed by atoms with Gasteiger partial charge in [0, 0.05) is 49.2 Å². The van der Waals surface area contributed by atoms with Crippen molar-refractivity contribution in [2.24, 2.45) is 0 Å². The van der Waals surface area contributed by atoms with Crippen LogP contribution in [0.2, 0.25) is 0 Å². The third-order valence-corrected chi connectivity index (χ3v) is 10.3. The average Bonchev–Trinajstić information content (AvgIpc) is 3.29.